The van der Waals surface area contributed by atoms with Crippen LogP contribution in [-0.4, -0.2) is 41.1 Å². The third-order valence-electron chi connectivity index (χ3n) is 3.04. The molecule has 1 fully saturated rings. The number of aliphatic hydroxyl groups is 1. The first kappa shape index (κ1) is 12.7. The Balaban J connectivity index is 1.93. The molecule has 1 aromatic carbocycles. The van der Waals surface area contributed by atoms with E-state index in [0.717, 1.165) is 18.7 Å². The van der Waals surface area contributed by atoms with Crippen LogP contribution in [0.2, 0.25) is 0 Å². The number of hydrogen-bond donors (Lipinski definition) is 2. The number of hydrogen-bond acceptors (Lipinski definition) is 4. The molecule has 1 unspecified atom stereocenters. The van der Waals surface area contributed by atoms with Crippen molar-refractivity contribution in [1.29, 1.82) is 0 Å². The predicted molar refractivity (Wildman–Crippen MR) is 74.2 cm³/mol. The molecule has 0 amide bonds. The van der Waals surface area contributed by atoms with Crippen LogP contribution in [0.4, 0.5) is 5.69 Å². The van der Waals surface area contributed by atoms with E-state index in [1.165, 1.54) is 17.9 Å². The number of nitrogens with two attached hydrogens (primary N) is 1. The number of nitrogen functional groups attached to an aromatic ring is 1. The van der Waals surface area contributed by atoms with E-state index in [2.05, 4.69) is 4.90 Å². The molecular formula is C13H20N2OS. The summed E-state index contributed by atoms with van der Waals surface area (Å²) in [5.74, 6) is 2.41. The third kappa shape index (κ3) is 3.91. The lowest BCUT2D eigenvalue weighted by Crippen LogP contribution is -2.30. The van der Waals surface area contributed by atoms with Gasteiger partial charge in [-0.25, -0.2) is 0 Å². The van der Waals surface area contributed by atoms with Crippen LogP contribution in [0.25, 0.3) is 0 Å². The van der Waals surface area contributed by atoms with Gasteiger partial charge in [0.2, 0.25) is 0 Å². The van der Waals surface area contributed by atoms with Gasteiger partial charge in [0.1, 0.15) is 0 Å². The van der Waals surface area contributed by atoms with Crippen molar-refractivity contribution in [2.75, 3.05) is 36.9 Å². The second-order valence-electron chi connectivity index (χ2n) is 4.45. The molecule has 1 atom stereocenters. The van der Waals surface area contributed by atoms with Crippen molar-refractivity contribution in [3.8, 4) is 0 Å². The zero-order chi connectivity index (χ0) is 12.1. The molecule has 1 saturated heterocycles. The van der Waals surface area contributed by atoms with Gasteiger partial charge in [0.15, 0.2) is 0 Å². The van der Waals surface area contributed by atoms with E-state index in [0.29, 0.717) is 12.2 Å². The van der Waals surface area contributed by atoms with Gasteiger partial charge < -0.3 is 10.8 Å². The maximum absolute atomic E-state index is 10.2. The number of β-amino-alcohol motifs (C(OH)–C–C–N with tert-alkyl or cyclic N) is 1. The first-order chi connectivity index (χ1) is 8.25. The zero-order valence-corrected chi connectivity index (χ0v) is 10.8. The molecule has 4 heteroatoms. The maximum Gasteiger partial charge on any atom is 0.0917 e. The lowest BCUT2D eigenvalue weighted by atomic mass is 10.1. The molecule has 1 aromatic rings. The van der Waals surface area contributed by atoms with Gasteiger partial charge >= 0.3 is 0 Å². The topological polar surface area (TPSA) is 49.5 Å². The highest BCUT2D eigenvalue weighted by Crippen LogP contribution is 2.18. The fourth-order valence-electron chi connectivity index (χ4n) is 2.10. The molecule has 17 heavy (non-hydrogen) atoms. The molecule has 1 heterocycles. The number of rotatable bonds is 3. The molecule has 0 saturated carbocycles. The van der Waals surface area contributed by atoms with E-state index in [1.54, 1.807) is 0 Å². The van der Waals surface area contributed by atoms with Crippen LogP contribution in [-0.2, 0) is 0 Å². The second-order valence-corrected chi connectivity index (χ2v) is 5.68. The summed E-state index contributed by atoms with van der Waals surface area (Å²) < 4.78 is 0. The molecule has 1 aliphatic rings. The quantitative estimate of drug-likeness (QED) is 0.805. The van der Waals surface area contributed by atoms with Gasteiger partial charge in [0.25, 0.3) is 0 Å². The third-order valence-corrected chi connectivity index (χ3v) is 4.09. The Morgan fingerprint density at radius 3 is 3.06 bits per heavy atom. The Bertz CT molecular complexity index is 351. The Morgan fingerprint density at radius 2 is 2.24 bits per heavy atom. The van der Waals surface area contributed by atoms with Crippen LogP contribution in [0.1, 0.15) is 18.1 Å². The van der Waals surface area contributed by atoms with Crippen LogP contribution < -0.4 is 5.73 Å². The fourth-order valence-corrected chi connectivity index (χ4v) is 3.02. The Labute approximate surface area is 107 Å². The average molecular weight is 252 g/mol. The fraction of sp³-hybridized carbons (Fsp3) is 0.538. The van der Waals surface area contributed by atoms with E-state index >= 15 is 0 Å². The summed E-state index contributed by atoms with van der Waals surface area (Å²) in [5, 5.41) is 10.2. The van der Waals surface area contributed by atoms with Crippen LogP contribution in [0, 0.1) is 0 Å². The highest BCUT2D eigenvalue weighted by Gasteiger charge is 2.15. The SMILES string of the molecule is Nc1cccc(C(O)CN2CCCSCC2)c1. The van der Waals surface area contributed by atoms with Crippen LogP contribution in [0.5, 0.6) is 0 Å². The predicted octanol–water partition coefficient (Wildman–Crippen LogP) is 1.74. The van der Waals surface area contributed by atoms with Gasteiger partial charge in [-0.1, -0.05) is 12.1 Å². The van der Waals surface area contributed by atoms with Crippen molar-refractivity contribution in [2.24, 2.45) is 0 Å². The van der Waals surface area contributed by atoms with E-state index in [-0.39, 0.29) is 0 Å². The van der Waals surface area contributed by atoms with Crippen molar-refractivity contribution >= 4 is 17.4 Å². The molecule has 1 aliphatic heterocycles. The van der Waals surface area contributed by atoms with Gasteiger partial charge in [0.05, 0.1) is 6.10 Å². The summed E-state index contributed by atoms with van der Waals surface area (Å²) >= 11 is 2.00. The summed E-state index contributed by atoms with van der Waals surface area (Å²) in [7, 11) is 0. The zero-order valence-electron chi connectivity index (χ0n) is 10.0. The minimum atomic E-state index is -0.429. The van der Waals surface area contributed by atoms with Crippen molar-refractivity contribution in [1.82, 2.24) is 4.90 Å². The minimum Gasteiger partial charge on any atom is -0.399 e. The smallest absolute Gasteiger partial charge is 0.0917 e. The van der Waals surface area contributed by atoms with Crippen molar-refractivity contribution in [2.45, 2.75) is 12.5 Å². The molecular weight excluding hydrogens is 232 g/mol. The lowest BCUT2D eigenvalue weighted by Gasteiger charge is -2.23. The largest absolute Gasteiger partial charge is 0.399 e. The second kappa shape index (κ2) is 6.28. The number of benzene rings is 1. The van der Waals surface area contributed by atoms with Crippen molar-refractivity contribution in [3.63, 3.8) is 0 Å². The van der Waals surface area contributed by atoms with Gasteiger partial charge in [-0.3, -0.25) is 4.90 Å². The highest BCUT2D eigenvalue weighted by atomic mass is 32.2. The normalized spacial score (nSPS) is 19.8. The van der Waals surface area contributed by atoms with Gasteiger partial charge in [-0.2, -0.15) is 11.8 Å². The molecule has 0 aliphatic carbocycles. The summed E-state index contributed by atoms with van der Waals surface area (Å²) in [6, 6.07) is 7.54. The molecule has 94 valence electrons. The van der Waals surface area contributed by atoms with Gasteiger partial charge in [-0.15, -0.1) is 0 Å². The maximum atomic E-state index is 10.2. The summed E-state index contributed by atoms with van der Waals surface area (Å²) in [6.07, 6.45) is 0.788. The molecule has 0 spiro atoms. The van der Waals surface area contributed by atoms with Gasteiger partial charge in [0, 0.05) is 24.5 Å². The molecule has 2 rings (SSSR count). The molecule has 0 aromatic heterocycles. The Morgan fingerprint density at radius 1 is 1.35 bits per heavy atom. The highest BCUT2D eigenvalue weighted by molar-refractivity contribution is 7.99. The molecule has 3 N–H and O–H groups in total. The van der Waals surface area contributed by atoms with Crippen LogP contribution in [0.3, 0.4) is 0 Å². The van der Waals surface area contributed by atoms with E-state index < -0.39 is 6.10 Å². The number of aliphatic hydroxyl groups excluding tert-OH is 1. The van der Waals surface area contributed by atoms with Crippen LogP contribution >= 0.6 is 11.8 Å². The summed E-state index contributed by atoms with van der Waals surface area (Å²) in [5.41, 5.74) is 7.36. The Kier molecular flexibility index (Phi) is 4.71. The number of nitrogens with zero attached hydrogens (tertiary/aromatic N) is 1. The monoisotopic (exact) mass is 252 g/mol. The lowest BCUT2D eigenvalue weighted by molar-refractivity contribution is 0.117. The molecule has 3 nitrogen and oxygen atoms in total. The van der Waals surface area contributed by atoms with Crippen molar-refractivity contribution in [3.05, 3.63) is 29.8 Å². The Hall–Kier alpha value is -0.710. The van der Waals surface area contributed by atoms with E-state index in [1.807, 2.05) is 36.0 Å². The average Bonchev–Trinajstić information content (AvgIpc) is 2.57. The minimum absolute atomic E-state index is 0.429. The molecule has 0 radical (unpaired) electrons. The number of anilines is 1. The van der Waals surface area contributed by atoms with E-state index in [4.69, 9.17) is 5.73 Å². The van der Waals surface area contributed by atoms with Crippen LogP contribution in [0.15, 0.2) is 24.3 Å². The first-order valence-electron chi connectivity index (χ1n) is 6.09. The summed E-state index contributed by atoms with van der Waals surface area (Å²) in [4.78, 5) is 2.34. The summed E-state index contributed by atoms with van der Waals surface area (Å²) in [6.45, 7) is 2.88. The standard InChI is InChI=1S/C13H20N2OS/c14-12-4-1-3-11(9-12)13(16)10-15-5-2-7-17-8-6-15/h1,3-4,9,13,16H,2,5-8,10,14H2. The van der Waals surface area contributed by atoms with E-state index in [9.17, 15) is 5.11 Å². The first-order valence-corrected chi connectivity index (χ1v) is 7.25. The van der Waals surface area contributed by atoms with Crippen molar-refractivity contribution < 1.29 is 5.11 Å². The number of thioether (sulfide) groups is 1. The molecule has 0 bridgehead atoms. The van der Waals surface area contributed by atoms with Gasteiger partial charge in [-0.05, 0) is 36.4 Å².